The maximum Gasteiger partial charge on any atom is 0.319 e. The maximum absolute atomic E-state index is 12.4. The Labute approximate surface area is 154 Å². The van der Waals surface area contributed by atoms with Crippen LogP contribution in [0.1, 0.15) is 42.6 Å². The Kier molecular flexibility index (Phi) is 5.26. The summed E-state index contributed by atoms with van der Waals surface area (Å²) in [6.45, 7) is 4.75. The quantitative estimate of drug-likeness (QED) is 0.743. The molecule has 5 heteroatoms. The number of hydrogen-bond acceptors (Lipinski definition) is 2. The van der Waals surface area contributed by atoms with Crippen LogP contribution in [0.3, 0.4) is 0 Å². The van der Waals surface area contributed by atoms with Crippen LogP contribution in [0.25, 0.3) is 0 Å². The molecular weight excluding hydrogens is 326 g/mol. The van der Waals surface area contributed by atoms with Crippen LogP contribution in [0.15, 0.2) is 54.6 Å². The van der Waals surface area contributed by atoms with Gasteiger partial charge in [-0.05, 0) is 42.7 Å². The highest BCUT2D eigenvalue weighted by Gasteiger charge is 2.23. The molecule has 0 bridgehead atoms. The topological polar surface area (TPSA) is 70.2 Å². The Bertz CT molecular complexity index is 766. The second-order valence-electron chi connectivity index (χ2n) is 7.38. The fraction of sp³-hybridized carbons (Fsp3) is 0.333. The molecule has 1 aliphatic rings. The minimum atomic E-state index is -0.200. The number of nitrogens with one attached hydrogen (secondary N) is 3. The van der Waals surface area contributed by atoms with Crippen LogP contribution in [0.4, 0.5) is 10.5 Å². The van der Waals surface area contributed by atoms with Crippen LogP contribution in [0.5, 0.6) is 0 Å². The van der Waals surface area contributed by atoms with Crippen molar-refractivity contribution in [2.24, 2.45) is 0 Å². The van der Waals surface area contributed by atoms with Crippen LogP contribution in [-0.2, 0) is 5.41 Å². The largest absolute Gasteiger partial charge is 0.351 e. The Morgan fingerprint density at radius 2 is 1.65 bits per heavy atom. The van der Waals surface area contributed by atoms with E-state index in [1.807, 2.05) is 18.2 Å². The molecule has 2 aromatic rings. The fourth-order valence-electron chi connectivity index (χ4n) is 2.68. The summed E-state index contributed by atoms with van der Waals surface area (Å²) >= 11 is 0. The van der Waals surface area contributed by atoms with Crippen molar-refractivity contribution in [2.75, 3.05) is 11.9 Å². The Morgan fingerprint density at radius 1 is 1.00 bits per heavy atom. The van der Waals surface area contributed by atoms with Crippen molar-refractivity contribution in [3.63, 3.8) is 0 Å². The number of carbonyl (C=O) groups excluding carboxylic acids is 2. The average Bonchev–Trinajstić information content (AvgIpc) is 3.45. The molecule has 0 spiro atoms. The van der Waals surface area contributed by atoms with Crippen LogP contribution < -0.4 is 16.0 Å². The van der Waals surface area contributed by atoms with Crippen molar-refractivity contribution in [3.8, 4) is 0 Å². The highest BCUT2D eigenvalue weighted by atomic mass is 16.2. The first-order valence-corrected chi connectivity index (χ1v) is 8.95. The zero-order chi connectivity index (χ0) is 18.6. The van der Waals surface area contributed by atoms with Gasteiger partial charge >= 0.3 is 6.03 Å². The molecule has 0 aliphatic heterocycles. The van der Waals surface area contributed by atoms with E-state index in [2.05, 4.69) is 41.9 Å². The van der Waals surface area contributed by atoms with E-state index in [0.717, 1.165) is 12.8 Å². The zero-order valence-electron chi connectivity index (χ0n) is 15.2. The van der Waals surface area contributed by atoms with Crippen molar-refractivity contribution in [1.82, 2.24) is 10.6 Å². The lowest BCUT2D eigenvalue weighted by Gasteiger charge is -2.25. The summed E-state index contributed by atoms with van der Waals surface area (Å²) in [5.74, 6) is -0.122. The Morgan fingerprint density at radius 3 is 2.27 bits per heavy atom. The normalized spacial score (nSPS) is 13.8. The highest BCUT2D eigenvalue weighted by Crippen LogP contribution is 2.22. The van der Waals surface area contributed by atoms with Crippen molar-refractivity contribution < 1.29 is 9.59 Å². The molecule has 136 valence electrons. The second-order valence-corrected chi connectivity index (χ2v) is 7.38. The number of amides is 3. The average molecular weight is 351 g/mol. The van der Waals surface area contributed by atoms with Crippen molar-refractivity contribution in [1.29, 1.82) is 0 Å². The number of rotatable bonds is 6. The molecule has 2 aromatic carbocycles. The van der Waals surface area contributed by atoms with Gasteiger partial charge in [0.15, 0.2) is 0 Å². The highest BCUT2D eigenvalue weighted by molar-refractivity contribution is 5.95. The van der Waals surface area contributed by atoms with E-state index in [4.69, 9.17) is 0 Å². The lowest BCUT2D eigenvalue weighted by Crippen LogP contribution is -2.36. The van der Waals surface area contributed by atoms with Crippen LogP contribution in [-0.4, -0.2) is 24.5 Å². The van der Waals surface area contributed by atoms with E-state index in [-0.39, 0.29) is 17.4 Å². The molecule has 3 amide bonds. The van der Waals surface area contributed by atoms with Crippen LogP contribution in [0, 0.1) is 0 Å². The number of carbonyl (C=O) groups is 2. The van der Waals surface area contributed by atoms with Gasteiger partial charge < -0.3 is 16.0 Å². The molecular formula is C21H25N3O2. The summed E-state index contributed by atoms with van der Waals surface area (Å²) in [6.07, 6.45) is 2.09. The molecule has 3 rings (SSSR count). The third-order valence-electron chi connectivity index (χ3n) is 4.56. The molecule has 0 saturated heterocycles. The minimum Gasteiger partial charge on any atom is -0.351 e. The van der Waals surface area contributed by atoms with Gasteiger partial charge in [-0.1, -0.05) is 44.2 Å². The Hall–Kier alpha value is -2.82. The molecule has 0 aromatic heterocycles. The molecule has 3 N–H and O–H groups in total. The monoisotopic (exact) mass is 351 g/mol. The number of hydrogen-bond donors (Lipinski definition) is 3. The number of benzene rings is 2. The van der Waals surface area contributed by atoms with Gasteiger partial charge in [0.2, 0.25) is 0 Å². The summed E-state index contributed by atoms with van der Waals surface area (Å²) in [7, 11) is 0. The molecule has 1 fully saturated rings. The second kappa shape index (κ2) is 7.60. The van der Waals surface area contributed by atoms with Crippen molar-refractivity contribution in [2.45, 2.75) is 38.1 Å². The summed E-state index contributed by atoms with van der Waals surface area (Å²) in [5, 5.41) is 8.63. The van der Waals surface area contributed by atoms with Gasteiger partial charge in [-0.25, -0.2) is 4.79 Å². The van der Waals surface area contributed by atoms with Crippen molar-refractivity contribution >= 4 is 17.6 Å². The molecule has 1 saturated carbocycles. The van der Waals surface area contributed by atoms with E-state index in [0.29, 0.717) is 23.8 Å². The van der Waals surface area contributed by atoms with E-state index in [1.165, 1.54) is 5.56 Å². The molecule has 26 heavy (non-hydrogen) atoms. The zero-order valence-corrected chi connectivity index (χ0v) is 15.2. The van der Waals surface area contributed by atoms with E-state index in [1.54, 1.807) is 24.3 Å². The molecule has 1 aliphatic carbocycles. The first kappa shape index (κ1) is 18.0. The van der Waals surface area contributed by atoms with Crippen LogP contribution in [0.2, 0.25) is 0 Å². The molecule has 0 atom stereocenters. The van der Waals surface area contributed by atoms with E-state index >= 15 is 0 Å². The Balaban J connectivity index is 1.53. The summed E-state index contributed by atoms with van der Waals surface area (Å²) < 4.78 is 0. The molecule has 5 nitrogen and oxygen atoms in total. The number of urea groups is 1. The third-order valence-corrected chi connectivity index (χ3v) is 4.56. The van der Waals surface area contributed by atoms with Gasteiger partial charge in [-0.2, -0.15) is 0 Å². The predicted octanol–water partition coefficient (Wildman–Crippen LogP) is 3.68. The van der Waals surface area contributed by atoms with Gasteiger partial charge in [0.25, 0.3) is 5.91 Å². The summed E-state index contributed by atoms with van der Waals surface area (Å²) in [6, 6.07) is 17.2. The standard InChI is InChI=1S/C21H25N3O2/c1-21(2,16-6-4-3-5-7-16)14-22-19(25)15-8-10-17(11-9-15)23-20(26)24-18-12-13-18/h3-11,18H,12-14H2,1-2H3,(H,22,25)(H2,23,24,26). The van der Waals surface area contributed by atoms with Crippen molar-refractivity contribution in [3.05, 3.63) is 65.7 Å². The summed E-state index contributed by atoms with van der Waals surface area (Å²) in [4.78, 5) is 24.1. The van der Waals surface area contributed by atoms with E-state index < -0.39 is 0 Å². The first-order chi connectivity index (χ1) is 12.4. The summed E-state index contributed by atoms with van der Waals surface area (Å²) in [5.41, 5.74) is 2.27. The van der Waals surface area contributed by atoms with Gasteiger partial charge in [0, 0.05) is 29.3 Å². The SMILES string of the molecule is CC(C)(CNC(=O)c1ccc(NC(=O)NC2CC2)cc1)c1ccccc1. The maximum atomic E-state index is 12.4. The minimum absolute atomic E-state index is 0.122. The molecule has 0 heterocycles. The molecule has 0 unspecified atom stereocenters. The smallest absolute Gasteiger partial charge is 0.319 e. The van der Waals surface area contributed by atoms with Gasteiger partial charge in [-0.15, -0.1) is 0 Å². The van der Waals surface area contributed by atoms with Gasteiger partial charge in [-0.3, -0.25) is 4.79 Å². The lowest BCUT2D eigenvalue weighted by atomic mass is 9.84. The number of anilines is 1. The predicted molar refractivity (Wildman–Crippen MR) is 103 cm³/mol. The first-order valence-electron chi connectivity index (χ1n) is 8.95. The third kappa shape index (κ3) is 4.85. The van der Waals surface area contributed by atoms with Crippen LogP contribution >= 0.6 is 0 Å². The van der Waals surface area contributed by atoms with E-state index in [9.17, 15) is 9.59 Å². The fourth-order valence-corrected chi connectivity index (χ4v) is 2.68. The van der Waals surface area contributed by atoms with Gasteiger partial charge in [0.05, 0.1) is 0 Å². The lowest BCUT2D eigenvalue weighted by molar-refractivity contribution is 0.0945. The molecule has 0 radical (unpaired) electrons. The van der Waals surface area contributed by atoms with Gasteiger partial charge in [0.1, 0.15) is 0 Å².